The lowest BCUT2D eigenvalue weighted by atomic mass is 10.0. The van der Waals surface area contributed by atoms with E-state index in [1.807, 2.05) is 42.5 Å². The average Bonchev–Trinajstić information content (AvgIpc) is 2.42. The monoisotopic (exact) mass is 243 g/mol. The molecular weight excluding hydrogens is 226 g/mol. The molecule has 0 aliphatic carbocycles. The minimum absolute atomic E-state index is 0.704. The molecule has 0 amide bonds. The number of rotatable bonds is 4. The average molecular weight is 243 g/mol. The summed E-state index contributed by atoms with van der Waals surface area (Å²) in [6.07, 6.45) is 0.785. The van der Waals surface area contributed by atoms with E-state index in [4.69, 9.17) is 15.2 Å². The highest BCUT2D eigenvalue weighted by Crippen LogP contribution is 2.27. The minimum Gasteiger partial charge on any atom is -0.497 e. The Balaban J connectivity index is 2.22. The van der Waals surface area contributed by atoms with E-state index < -0.39 is 0 Å². The number of methoxy groups -OCH3 is 2. The summed E-state index contributed by atoms with van der Waals surface area (Å²) in [5.74, 6) is 1.58. The lowest BCUT2D eigenvalue weighted by Gasteiger charge is -2.10. The number of hydrogen-bond donors (Lipinski definition) is 1. The van der Waals surface area contributed by atoms with Gasteiger partial charge in [-0.1, -0.05) is 24.3 Å². The second kappa shape index (κ2) is 5.45. The predicted molar refractivity (Wildman–Crippen MR) is 73.2 cm³/mol. The molecule has 0 saturated carbocycles. The zero-order chi connectivity index (χ0) is 13.0. The number of para-hydroxylation sites is 1. The van der Waals surface area contributed by atoms with Gasteiger partial charge in [0.05, 0.1) is 19.9 Å². The first-order valence-electron chi connectivity index (χ1n) is 5.79. The fourth-order valence-electron chi connectivity index (χ4n) is 1.88. The van der Waals surface area contributed by atoms with Crippen molar-refractivity contribution in [2.45, 2.75) is 6.42 Å². The van der Waals surface area contributed by atoms with Crippen LogP contribution in [-0.2, 0) is 6.42 Å². The van der Waals surface area contributed by atoms with E-state index in [1.54, 1.807) is 14.2 Å². The van der Waals surface area contributed by atoms with Gasteiger partial charge >= 0.3 is 0 Å². The van der Waals surface area contributed by atoms with E-state index in [1.165, 1.54) is 5.56 Å². The van der Waals surface area contributed by atoms with Crippen LogP contribution in [-0.4, -0.2) is 14.2 Å². The highest BCUT2D eigenvalue weighted by Gasteiger charge is 2.05. The topological polar surface area (TPSA) is 44.5 Å². The number of ether oxygens (including phenoxy) is 2. The van der Waals surface area contributed by atoms with Crippen molar-refractivity contribution >= 4 is 5.69 Å². The van der Waals surface area contributed by atoms with E-state index in [0.29, 0.717) is 5.69 Å². The van der Waals surface area contributed by atoms with Crippen LogP contribution in [0.25, 0.3) is 0 Å². The van der Waals surface area contributed by atoms with Crippen molar-refractivity contribution in [3.63, 3.8) is 0 Å². The smallest absolute Gasteiger partial charge is 0.142 e. The number of benzene rings is 2. The summed E-state index contributed by atoms with van der Waals surface area (Å²) in [7, 11) is 3.29. The van der Waals surface area contributed by atoms with Crippen molar-refractivity contribution < 1.29 is 9.47 Å². The third-order valence-electron chi connectivity index (χ3n) is 2.93. The van der Waals surface area contributed by atoms with Gasteiger partial charge < -0.3 is 15.2 Å². The van der Waals surface area contributed by atoms with E-state index in [9.17, 15) is 0 Å². The molecule has 3 heteroatoms. The van der Waals surface area contributed by atoms with Crippen molar-refractivity contribution in [1.29, 1.82) is 0 Å². The van der Waals surface area contributed by atoms with Gasteiger partial charge in [0, 0.05) is 0 Å². The Morgan fingerprint density at radius 1 is 0.944 bits per heavy atom. The Hall–Kier alpha value is -2.16. The molecule has 2 N–H and O–H groups in total. The molecular formula is C15H17NO2. The SMILES string of the molecule is COc1ccc(Cc2cccc(OC)c2N)cc1. The van der Waals surface area contributed by atoms with Crippen LogP contribution in [0.3, 0.4) is 0 Å². The largest absolute Gasteiger partial charge is 0.497 e. The van der Waals surface area contributed by atoms with Crippen LogP contribution in [0, 0.1) is 0 Å². The van der Waals surface area contributed by atoms with Crippen molar-refractivity contribution in [2.24, 2.45) is 0 Å². The first-order valence-corrected chi connectivity index (χ1v) is 5.79. The quantitative estimate of drug-likeness (QED) is 0.840. The third kappa shape index (κ3) is 2.56. The van der Waals surface area contributed by atoms with Crippen LogP contribution in [0.5, 0.6) is 11.5 Å². The Kier molecular flexibility index (Phi) is 3.72. The molecule has 0 spiro atoms. The summed E-state index contributed by atoms with van der Waals surface area (Å²) < 4.78 is 10.3. The van der Waals surface area contributed by atoms with Gasteiger partial charge in [-0.15, -0.1) is 0 Å². The highest BCUT2D eigenvalue weighted by atomic mass is 16.5. The summed E-state index contributed by atoms with van der Waals surface area (Å²) in [6.45, 7) is 0. The molecule has 0 radical (unpaired) electrons. The Bertz CT molecular complexity index is 521. The third-order valence-corrected chi connectivity index (χ3v) is 2.93. The van der Waals surface area contributed by atoms with E-state index in [0.717, 1.165) is 23.5 Å². The van der Waals surface area contributed by atoms with Gasteiger partial charge in [0.25, 0.3) is 0 Å². The summed E-state index contributed by atoms with van der Waals surface area (Å²) in [6, 6.07) is 13.8. The predicted octanol–water partition coefficient (Wildman–Crippen LogP) is 2.88. The molecule has 0 aliphatic rings. The van der Waals surface area contributed by atoms with Gasteiger partial charge in [-0.25, -0.2) is 0 Å². The molecule has 2 aromatic carbocycles. The lowest BCUT2D eigenvalue weighted by molar-refractivity contribution is 0.414. The number of nitrogens with two attached hydrogens (primary N) is 1. The Morgan fingerprint density at radius 3 is 2.28 bits per heavy atom. The fourth-order valence-corrected chi connectivity index (χ4v) is 1.88. The number of nitrogen functional groups attached to an aromatic ring is 1. The van der Waals surface area contributed by atoms with Crippen molar-refractivity contribution in [2.75, 3.05) is 20.0 Å². The van der Waals surface area contributed by atoms with Gasteiger partial charge in [0.2, 0.25) is 0 Å². The minimum atomic E-state index is 0.704. The molecule has 3 nitrogen and oxygen atoms in total. The van der Waals surface area contributed by atoms with Crippen molar-refractivity contribution in [1.82, 2.24) is 0 Å². The summed E-state index contributed by atoms with van der Waals surface area (Å²) in [4.78, 5) is 0. The first kappa shape index (κ1) is 12.3. The number of anilines is 1. The van der Waals surface area contributed by atoms with E-state index >= 15 is 0 Å². The molecule has 0 heterocycles. The standard InChI is InChI=1S/C15H17NO2/c1-17-13-8-6-11(7-9-13)10-12-4-3-5-14(18-2)15(12)16/h3-9H,10,16H2,1-2H3. The lowest BCUT2D eigenvalue weighted by Crippen LogP contribution is -1.99. The van der Waals surface area contributed by atoms with Gasteiger partial charge in [0.1, 0.15) is 11.5 Å². The zero-order valence-corrected chi connectivity index (χ0v) is 10.6. The van der Waals surface area contributed by atoms with E-state index in [-0.39, 0.29) is 0 Å². The Labute approximate surface area is 107 Å². The molecule has 0 unspecified atom stereocenters. The van der Waals surface area contributed by atoms with Crippen LogP contribution in [0.4, 0.5) is 5.69 Å². The van der Waals surface area contributed by atoms with Crippen LogP contribution < -0.4 is 15.2 Å². The van der Waals surface area contributed by atoms with Crippen LogP contribution in [0.15, 0.2) is 42.5 Å². The maximum absolute atomic E-state index is 6.05. The molecule has 0 bridgehead atoms. The molecule has 0 fully saturated rings. The molecule has 0 saturated heterocycles. The molecule has 2 aromatic rings. The molecule has 0 aliphatic heterocycles. The fraction of sp³-hybridized carbons (Fsp3) is 0.200. The van der Waals surface area contributed by atoms with Crippen molar-refractivity contribution in [3.8, 4) is 11.5 Å². The first-order chi connectivity index (χ1) is 8.74. The van der Waals surface area contributed by atoms with Crippen molar-refractivity contribution in [3.05, 3.63) is 53.6 Å². The second-order valence-electron chi connectivity index (χ2n) is 4.06. The summed E-state index contributed by atoms with van der Waals surface area (Å²) in [5.41, 5.74) is 9.01. The molecule has 0 atom stereocenters. The van der Waals surface area contributed by atoms with Crippen LogP contribution in [0.2, 0.25) is 0 Å². The molecule has 0 aromatic heterocycles. The number of hydrogen-bond acceptors (Lipinski definition) is 3. The van der Waals surface area contributed by atoms with Gasteiger partial charge in [-0.05, 0) is 35.7 Å². The molecule has 18 heavy (non-hydrogen) atoms. The van der Waals surface area contributed by atoms with Crippen LogP contribution >= 0.6 is 0 Å². The van der Waals surface area contributed by atoms with Gasteiger partial charge in [-0.2, -0.15) is 0 Å². The molecule has 2 rings (SSSR count). The zero-order valence-electron chi connectivity index (χ0n) is 10.6. The summed E-state index contributed by atoms with van der Waals surface area (Å²) >= 11 is 0. The Morgan fingerprint density at radius 2 is 1.67 bits per heavy atom. The van der Waals surface area contributed by atoms with Crippen LogP contribution in [0.1, 0.15) is 11.1 Å². The van der Waals surface area contributed by atoms with Gasteiger partial charge in [-0.3, -0.25) is 0 Å². The normalized spacial score (nSPS) is 10.1. The second-order valence-corrected chi connectivity index (χ2v) is 4.06. The molecule has 94 valence electrons. The summed E-state index contributed by atoms with van der Waals surface area (Å²) in [5, 5.41) is 0. The maximum Gasteiger partial charge on any atom is 0.142 e. The highest BCUT2D eigenvalue weighted by molar-refractivity contribution is 5.59. The van der Waals surface area contributed by atoms with E-state index in [2.05, 4.69) is 0 Å². The maximum atomic E-state index is 6.05. The van der Waals surface area contributed by atoms with Gasteiger partial charge in [0.15, 0.2) is 0 Å².